The number of hydrogen-bond donors (Lipinski definition) is 0. The molecule has 0 aliphatic rings. The smallest absolute Gasteiger partial charge is 0.353 e. The standard InChI is InChI=1S/C15H10N2O2S2/c1-9-2-4-10(5-3-9)19-14(18)12-8-11-13(21-12)16-15-17(11)6-7-20-15/h2-8H,1H3. The van der Waals surface area contributed by atoms with Crippen LogP contribution in [0.3, 0.4) is 0 Å². The van der Waals surface area contributed by atoms with Gasteiger partial charge in [-0.3, -0.25) is 4.40 Å². The molecule has 0 bridgehead atoms. The number of nitrogens with zero attached hydrogens (tertiary/aromatic N) is 2. The van der Waals surface area contributed by atoms with E-state index in [4.69, 9.17) is 4.74 Å². The molecule has 0 saturated heterocycles. The van der Waals surface area contributed by atoms with Crippen molar-refractivity contribution in [1.82, 2.24) is 9.38 Å². The van der Waals surface area contributed by atoms with E-state index >= 15 is 0 Å². The second-order valence-electron chi connectivity index (χ2n) is 4.67. The van der Waals surface area contributed by atoms with Gasteiger partial charge in [-0.25, -0.2) is 9.78 Å². The van der Waals surface area contributed by atoms with E-state index in [-0.39, 0.29) is 5.97 Å². The van der Waals surface area contributed by atoms with Crippen LogP contribution in [0.25, 0.3) is 15.3 Å². The van der Waals surface area contributed by atoms with Crippen molar-refractivity contribution >= 4 is 44.0 Å². The Labute approximate surface area is 128 Å². The van der Waals surface area contributed by atoms with E-state index < -0.39 is 0 Å². The van der Waals surface area contributed by atoms with Gasteiger partial charge in [-0.15, -0.1) is 22.7 Å². The largest absolute Gasteiger partial charge is 0.422 e. The van der Waals surface area contributed by atoms with E-state index in [2.05, 4.69) is 4.98 Å². The van der Waals surface area contributed by atoms with E-state index in [0.717, 1.165) is 20.9 Å². The second kappa shape index (κ2) is 4.68. The first-order valence-corrected chi connectivity index (χ1v) is 8.04. The first-order valence-electron chi connectivity index (χ1n) is 6.35. The zero-order valence-electron chi connectivity index (χ0n) is 11.1. The van der Waals surface area contributed by atoms with Gasteiger partial charge in [0.2, 0.25) is 0 Å². The van der Waals surface area contributed by atoms with Crippen LogP contribution in [0.4, 0.5) is 0 Å². The van der Waals surface area contributed by atoms with E-state index in [1.165, 1.54) is 11.3 Å². The van der Waals surface area contributed by atoms with E-state index in [0.29, 0.717) is 10.6 Å². The second-order valence-corrected chi connectivity index (χ2v) is 6.57. The summed E-state index contributed by atoms with van der Waals surface area (Å²) in [6, 6.07) is 9.26. The fourth-order valence-corrected chi connectivity index (χ4v) is 3.79. The molecule has 104 valence electrons. The Kier molecular flexibility index (Phi) is 2.80. The van der Waals surface area contributed by atoms with Crippen molar-refractivity contribution in [2.24, 2.45) is 0 Å². The topological polar surface area (TPSA) is 43.6 Å². The summed E-state index contributed by atoms with van der Waals surface area (Å²) in [5.74, 6) is 0.214. The normalized spacial score (nSPS) is 11.3. The first-order chi connectivity index (χ1) is 10.2. The van der Waals surface area contributed by atoms with Crippen molar-refractivity contribution in [2.75, 3.05) is 0 Å². The van der Waals surface area contributed by atoms with Crippen LogP contribution in [0.5, 0.6) is 5.75 Å². The minimum absolute atomic E-state index is 0.342. The lowest BCUT2D eigenvalue weighted by atomic mass is 10.2. The van der Waals surface area contributed by atoms with Gasteiger partial charge in [0.1, 0.15) is 15.5 Å². The minimum atomic E-state index is -0.342. The highest BCUT2D eigenvalue weighted by Crippen LogP contribution is 2.29. The maximum absolute atomic E-state index is 12.2. The highest BCUT2D eigenvalue weighted by Gasteiger charge is 2.16. The molecule has 0 fully saturated rings. The number of thiophene rings is 1. The Hall–Kier alpha value is -2.18. The van der Waals surface area contributed by atoms with Gasteiger partial charge < -0.3 is 4.74 Å². The number of esters is 1. The van der Waals surface area contributed by atoms with Gasteiger partial charge in [0, 0.05) is 11.6 Å². The fraction of sp³-hybridized carbons (Fsp3) is 0.0667. The molecule has 0 saturated carbocycles. The molecule has 0 atom stereocenters. The number of carbonyl (C=O) groups is 1. The SMILES string of the molecule is Cc1ccc(OC(=O)c2cc3c(nc4sccn43)s2)cc1. The molecule has 0 aliphatic heterocycles. The molecule has 4 rings (SSSR count). The quantitative estimate of drug-likeness (QED) is 0.412. The average molecular weight is 314 g/mol. The number of benzene rings is 1. The summed E-state index contributed by atoms with van der Waals surface area (Å²) in [5, 5.41) is 1.98. The monoisotopic (exact) mass is 314 g/mol. The van der Waals surface area contributed by atoms with Crippen LogP contribution >= 0.6 is 22.7 Å². The summed E-state index contributed by atoms with van der Waals surface area (Å²) in [7, 11) is 0. The van der Waals surface area contributed by atoms with Gasteiger partial charge in [-0.2, -0.15) is 0 Å². The number of hydrogen-bond acceptors (Lipinski definition) is 5. The van der Waals surface area contributed by atoms with Crippen molar-refractivity contribution in [3.05, 3.63) is 52.3 Å². The molecule has 6 heteroatoms. The third kappa shape index (κ3) is 2.12. The highest BCUT2D eigenvalue weighted by atomic mass is 32.1. The zero-order valence-corrected chi connectivity index (χ0v) is 12.7. The van der Waals surface area contributed by atoms with E-state index in [1.54, 1.807) is 23.5 Å². The summed E-state index contributed by atoms with van der Waals surface area (Å²) in [4.78, 5) is 19.0. The minimum Gasteiger partial charge on any atom is -0.422 e. The maximum Gasteiger partial charge on any atom is 0.353 e. The van der Waals surface area contributed by atoms with Crippen molar-refractivity contribution in [1.29, 1.82) is 0 Å². The lowest BCUT2D eigenvalue weighted by Gasteiger charge is -2.02. The highest BCUT2D eigenvalue weighted by molar-refractivity contribution is 7.21. The Morgan fingerprint density at radius 3 is 2.90 bits per heavy atom. The predicted molar refractivity (Wildman–Crippen MR) is 84.6 cm³/mol. The maximum atomic E-state index is 12.2. The molecule has 0 spiro atoms. The molecule has 1 aromatic carbocycles. The van der Waals surface area contributed by atoms with Gasteiger partial charge in [0.25, 0.3) is 0 Å². The molecule has 0 amide bonds. The molecule has 21 heavy (non-hydrogen) atoms. The van der Waals surface area contributed by atoms with Crippen molar-refractivity contribution in [3.63, 3.8) is 0 Å². The number of aromatic nitrogens is 2. The number of rotatable bonds is 2. The van der Waals surface area contributed by atoms with Crippen molar-refractivity contribution in [3.8, 4) is 5.75 Å². The first kappa shape index (κ1) is 12.6. The van der Waals surface area contributed by atoms with Gasteiger partial charge >= 0.3 is 5.97 Å². The molecule has 4 aromatic rings. The number of fused-ring (bicyclic) bond motifs is 3. The zero-order chi connectivity index (χ0) is 14.4. The molecule has 0 N–H and O–H groups in total. The van der Waals surface area contributed by atoms with E-state index in [1.807, 2.05) is 41.1 Å². The van der Waals surface area contributed by atoms with Crippen LogP contribution in [0.1, 0.15) is 15.2 Å². The number of imidazole rings is 1. The Morgan fingerprint density at radius 1 is 1.29 bits per heavy atom. The van der Waals surface area contributed by atoms with Crippen LogP contribution < -0.4 is 4.74 Å². The molecule has 4 nitrogen and oxygen atoms in total. The molecular formula is C15H10N2O2S2. The molecule has 0 aliphatic carbocycles. The van der Waals surface area contributed by atoms with Gasteiger partial charge in [-0.05, 0) is 25.1 Å². The molecular weight excluding hydrogens is 304 g/mol. The number of carbonyl (C=O) groups excluding carboxylic acids is 1. The lowest BCUT2D eigenvalue weighted by molar-refractivity contribution is 0.0740. The Morgan fingerprint density at radius 2 is 2.10 bits per heavy atom. The Bertz CT molecular complexity index is 947. The molecule has 3 heterocycles. The van der Waals surface area contributed by atoms with Crippen molar-refractivity contribution < 1.29 is 9.53 Å². The number of aryl methyl sites for hydroxylation is 1. The lowest BCUT2D eigenvalue weighted by Crippen LogP contribution is -2.06. The third-order valence-electron chi connectivity index (χ3n) is 3.17. The molecule has 0 unspecified atom stereocenters. The number of thiazole rings is 1. The Balaban J connectivity index is 1.66. The summed E-state index contributed by atoms with van der Waals surface area (Å²) in [5.41, 5.74) is 2.08. The molecule has 0 radical (unpaired) electrons. The summed E-state index contributed by atoms with van der Waals surface area (Å²) in [6.45, 7) is 1.99. The third-order valence-corrected chi connectivity index (χ3v) is 4.93. The summed E-state index contributed by atoms with van der Waals surface area (Å²) < 4.78 is 7.37. The molecule has 3 aromatic heterocycles. The van der Waals surface area contributed by atoms with Gasteiger partial charge in [0.15, 0.2) is 4.96 Å². The summed E-state index contributed by atoms with van der Waals surface area (Å²) in [6.07, 6.45) is 1.96. The predicted octanol–water partition coefficient (Wildman–Crippen LogP) is 4.14. The average Bonchev–Trinajstić information content (AvgIpc) is 3.12. The fourth-order valence-electron chi connectivity index (χ4n) is 2.11. The van der Waals surface area contributed by atoms with Crippen LogP contribution in [0.15, 0.2) is 41.9 Å². The van der Waals surface area contributed by atoms with Crippen LogP contribution in [-0.2, 0) is 0 Å². The number of ether oxygens (including phenoxy) is 1. The van der Waals surface area contributed by atoms with Crippen LogP contribution in [0.2, 0.25) is 0 Å². The van der Waals surface area contributed by atoms with Crippen LogP contribution in [0, 0.1) is 6.92 Å². The van der Waals surface area contributed by atoms with Crippen LogP contribution in [-0.4, -0.2) is 15.4 Å². The van der Waals surface area contributed by atoms with E-state index in [9.17, 15) is 4.79 Å². The summed E-state index contributed by atoms with van der Waals surface area (Å²) >= 11 is 2.94. The van der Waals surface area contributed by atoms with Gasteiger partial charge in [-0.1, -0.05) is 17.7 Å². The van der Waals surface area contributed by atoms with Gasteiger partial charge in [0.05, 0.1) is 5.52 Å². The van der Waals surface area contributed by atoms with Crippen molar-refractivity contribution in [2.45, 2.75) is 6.92 Å².